The molecule has 2 aromatic heterocycles. The number of fused-ring (bicyclic) bond motifs is 1. The lowest BCUT2D eigenvalue weighted by Crippen LogP contribution is -2.39. The summed E-state index contributed by atoms with van der Waals surface area (Å²) in [6, 6.07) is 14.6. The average molecular weight is 464 g/mol. The maximum Gasteiger partial charge on any atom is 0.337 e. The van der Waals surface area contributed by atoms with Gasteiger partial charge in [-0.3, -0.25) is 14.2 Å². The number of amides is 1. The van der Waals surface area contributed by atoms with Gasteiger partial charge in [0.25, 0.3) is 11.5 Å². The van der Waals surface area contributed by atoms with Crippen molar-refractivity contribution >= 4 is 27.5 Å². The maximum atomic E-state index is 13.7. The van der Waals surface area contributed by atoms with Crippen LogP contribution in [0.2, 0.25) is 0 Å². The Hall–Kier alpha value is -3.65. The number of nitrogens with zero attached hydrogens (tertiary/aromatic N) is 3. The number of benzene rings is 2. The Morgan fingerprint density at radius 3 is 2.45 bits per heavy atom. The van der Waals surface area contributed by atoms with E-state index in [4.69, 9.17) is 4.74 Å². The zero-order chi connectivity index (χ0) is 23.9. The molecule has 1 amide bonds. The lowest BCUT2D eigenvalue weighted by molar-refractivity contribution is 0.0831. The maximum absolute atomic E-state index is 13.7. The number of carbonyl (C=O) groups excluding carboxylic acids is 1. The van der Waals surface area contributed by atoms with E-state index in [2.05, 4.69) is 0 Å². The molecule has 8 heteroatoms. The van der Waals surface area contributed by atoms with Crippen LogP contribution >= 0.6 is 11.3 Å². The highest BCUT2D eigenvalue weighted by Gasteiger charge is 2.24. The van der Waals surface area contributed by atoms with Crippen molar-refractivity contribution in [1.82, 2.24) is 14.0 Å². The molecule has 0 aliphatic carbocycles. The molecular formula is C25H25N3O4S. The minimum atomic E-state index is -0.464. The van der Waals surface area contributed by atoms with Gasteiger partial charge in [-0.25, -0.2) is 9.36 Å². The van der Waals surface area contributed by atoms with Gasteiger partial charge in [-0.1, -0.05) is 30.3 Å². The number of aryl methyl sites for hydroxylation is 2. The fourth-order valence-corrected chi connectivity index (χ4v) is 5.14. The summed E-state index contributed by atoms with van der Waals surface area (Å²) in [5, 5.41) is 0.376. The smallest absolute Gasteiger partial charge is 0.337 e. The highest BCUT2D eigenvalue weighted by atomic mass is 32.1. The number of thiophene rings is 1. The molecule has 2 heterocycles. The van der Waals surface area contributed by atoms with Crippen LogP contribution in [0.25, 0.3) is 15.9 Å². The van der Waals surface area contributed by atoms with Crippen LogP contribution in [0.15, 0.2) is 58.1 Å². The molecule has 7 nitrogen and oxygen atoms in total. The lowest BCUT2D eigenvalue weighted by Gasteiger charge is -2.14. The second-order valence-electron chi connectivity index (χ2n) is 8.07. The molecule has 0 aliphatic rings. The van der Waals surface area contributed by atoms with E-state index in [0.717, 1.165) is 15.7 Å². The van der Waals surface area contributed by atoms with E-state index >= 15 is 0 Å². The Morgan fingerprint density at radius 2 is 1.79 bits per heavy atom. The van der Waals surface area contributed by atoms with Gasteiger partial charge in [-0.15, -0.1) is 11.3 Å². The zero-order valence-corrected chi connectivity index (χ0v) is 20.0. The molecule has 0 bridgehead atoms. The SMILES string of the molecule is COc1cccc(-n2c(=O)c3c(C)c(C(=O)N(C)C)sc3n(Cc3ccccc3C)c2=O)c1. The van der Waals surface area contributed by atoms with Crippen molar-refractivity contribution in [3.8, 4) is 11.4 Å². The first-order chi connectivity index (χ1) is 15.7. The number of ether oxygens (including phenoxy) is 1. The van der Waals surface area contributed by atoms with E-state index in [9.17, 15) is 14.4 Å². The van der Waals surface area contributed by atoms with Crippen molar-refractivity contribution < 1.29 is 9.53 Å². The Bertz CT molecular complexity index is 1490. The van der Waals surface area contributed by atoms with Crippen molar-refractivity contribution in [3.63, 3.8) is 0 Å². The van der Waals surface area contributed by atoms with Crippen LogP contribution in [0, 0.1) is 13.8 Å². The molecule has 2 aromatic carbocycles. The molecule has 0 saturated carbocycles. The third-order valence-electron chi connectivity index (χ3n) is 5.71. The first kappa shape index (κ1) is 22.5. The predicted molar refractivity (Wildman–Crippen MR) is 131 cm³/mol. The Morgan fingerprint density at radius 1 is 1.06 bits per heavy atom. The number of aromatic nitrogens is 2. The summed E-state index contributed by atoms with van der Waals surface area (Å²) >= 11 is 1.19. The van der Waals surface area contributed by atoms with Crippen LogP contribution in [-0.2, 0) is 6.54 Å². The van der Waals surface area contributed by atoms with Crippen molar-refractivity contribution in [3.05, 3.63) is 90.9 Å². The molecule has 0 aliphatic heterocycles. The van der Waals surface area contributed by atoms with Gasteiger partial charge in [-0.2, -0.15) is 0 Å². The topological polar surface area (TPSA) is 73.5 Å². The monoisotopic (exact) mass is 463 g/mol. The molecule has 0 atom stereocenters. The number of hydrogen-bond acceptors (Lipinski definition) is 5. The van der Waals surface area contributed by atoms with E-state index < -0.39 is 11.2 Å². The van der Waals surface area contributed by atoms with Gasteiger partial charge >= 0.3 is 5.69 Å². The van der Waals surface area contributed by atoms with Crippen LogP contribution in [0.5, 0.6) is 5.75 Å². The molecule has 4 rings (SSSR count). The highest BCUT2D eigenvalue weighted by Crippen LogP contribution is 2.30. The van der Waals surface area contributed by atoms with Crippen molar-refractivity contribution in [1.29, 1.82) is 0 Å². The second-order valence-corrected chi connectivity index (χ2v) is 9.07. The molecule has 0 fully saturated rings. The molecule has 170 valence electrons. The Kier molecular flexibility index (Phi) is 5.95. The van der Waals surface area contributed by atoms with Gasteiger partial charge in [0.2, 0.25) is 0 Å². The van der Waals surface area contributed by atoms with Gasteiger partial charge in [0.05, 0.1) is 29.6 Å². The van der Waals surface area contributed by atoms with Crippen LogP contribution in [0.4, 0.5) is 0 Å². The van der Waals surface area contributed by atoms with Crippen molar-refractivity contribution in [2.45, 2.75) is 20.4 Å². The third-order valence-corrected chi connectivity index (χ3v) is 7.02. The summed E-state index contributed by atoms with van der Waals surface area (Å²) in [5.41, 5.74) is 2.08. The summed E-state index contributed by atoms with van der Waals surface area (Å²) in [7, 11) is 4.87. The normalized spacial score (nSPS) is 11.1. The summed E-state index contributed by atoms with van der Waals surface area (Å²) in [6.45, 7) is 4.02. The third kappa shape index (κ3) is 3.87. The molecule has 0 saturated heterocycles. The quantitative estimate of drug-likeness (QED) is 0.453. The summed E-state index contributed by atoms with van der Waals surface area (Å²) < 4.78 is 8.04. The predicted octanol–water partition coefficient (Wildman–Crippen LogP) is 3.59. The largest absolute Gasteiger partial charge is 0.497 e. The van der Waals surface area contributed by atoms with Crippen LogP contribution in [0.1, 0.15) is 26.4 Å². The van der Waals surface area contributed by atoms with Crippen molar-refractivity contribution in [2.24, 2.45) is 0 Å². The van der Waals surface area contributed by atoms with Gasteiger partial charge in [0.1, 0.15) is 10.6 Å². The summed E-state index contributed by atoms with van der Waals surface area (Å²) in [6.07, 6.45) is 0. The van der Waals surface area contributed by atoms with Gasteiger partial charge in [0.15, 0.2) is 0 Å². The van der Waals surface area contributed by atoms with E-state index in [1.54, 1.807) is 49.9 Å². The number of carbonyl (C=O) groups is 1. The Balaban J connectivity index is 2.10. The van der Waals surface area contributed by atoms with Crippen LogP contribution < -0.4 is 16.0 Å². The van der Waals surface area contributed by atoms with Crippen LogP contribution in [0.3, 0.4) is 0 Å². The molecule has 0 spiro atoms. The first-order valence-corrected chi connectivity index (χ1v) is 11.3. The summed E-state index contributed by atoms with van der Waals surface area (Å²) in [5.74, 6) is 0.339. The van der Waals surface area contributed by atoms with Crippen LogP contribution in [-0.4, -0.2) is 41.1 Å². The van der Waals surface area contributed by atoms with Gasteiger partial charge in [-0.05, 0) is 42.7 Å². The van der Waals surface area contributed by atoms with E-state index in [1.165, 1.54) is 23.3 Å². The minimum Gasteiger partial charge on any atom is -0.497 e. The fourth-order valence-electron chi connectivity index (χ4n) is 3.83. The van der Waals surface area contributed by atoms with E-state index in [1.807, 2.05) is 31.2 Å². The first-order valence-electron chi connectivity index (χ1n) is 10.4. The van der Waals surface area contributed by atoms with E-state index in [-0.39, 0.29) is 12.5 Å². The molecular weight excluding hydrogens is 438 g/mol. The molecule has 0 unspecified atom stereocenters. The standard InChI is InChI=1S/C25H25N3O4S/c1-15-9-6-7-10-17(15)14-27-24-20(16(2)21(33-24)23(30)26(3)4)22(29)28(25(27)31)18-11-8-12-19(13-18)32-5/h6-13H,14H2,1-5H3. The lowest BCUT2D eigenvalue weighted by atomic mass is 10.1. The van der Waals surface area contributed by atoms with Gasteiger partial charge < -0.3 is 9.64 Å². The minimum absolute atomic E-state index is 0.198. The number of hydrogen-bond donors (Lipinski definition) is 0. The fraction of sp³-hybridized carbons (Fsp3) is 0.240. The second kappa shape index (κ2) is 8.71. The molecule has 4 aromatic rings. The highest BCUT2D eigenvalue weighted by molar-refractivity contribution is 7.20. The number of methoxy groups -OCH3 is 1. The molecule has 33 heavy (non-hydrogen) atoms. The summed E-state index contributed by atoms with van der Waals surface area (Å²) in [4.78, 5) is 42.6. The van der Waals surface area contributed by atoms with E-state index in [0.29, 0.717) is 32.1 Å². The number of rotatable bonds is 5. The van der Waals surface area contributed by atoms with Gasteiger partial charge in [0, 0.05) is 20.2 Å². The Labute approximate surface area is 195 Å². The molecule has 0 N–H and O–H groups in total. The average Bonchev–Trinajstić information content (AvgIpc) is 3.14. The molecule has 0 radical (unpaired) electrons. The zero-order valence-electron chi connectivity index (χ0n) is 19.2. The van der Waals surface area contributed by atoms with Crippen molar-refractivity contribution in [2.75, 3.05) is 21.2 Å².